The topological polar surface area (TPSA) is 58.5 Å². The molecule has 0 bridgehead atoms. The van der Waals surface area contributed by atoms with Crippen molar-refractivity contribution in [3.05, 3.63) is 60.0 Å². The van der Waals surface area contributed by atoms with E-state index in [-0.39, 0.29) is 0 Å². The molecule has 0 aliphatic heterocycles. The highest BCUT2D eigenvalue weighted by molar-refractivity contribution is 5.63. The molecule has 2 atom stereocenters. The SMILES string of the molecule is Cc1cccc(-c2[nH]ncc2CNC(C)C(C)n2cccn2)c1. The molecular weight excluding hydrogens is 286 g/mol. The van der Waals surface area contributed by atoms with E-state index in [1.165, 1.54) is 16.7 Å². The smallest absolute Gasteiger partial charge is 0.0695 e. The maximum Gasteiger partial charge on any atom is 0.0695 e. The summed E-state index contributed by atoms with van der Waals surface area (Å²) in [7, 11) is 0. The number of H-pyrrole nitrogens is 1. The summed E-state index contributed by atoms with van der Waals surface area (Å²) in [4.78, 5) is 0. The van der Waals surface area contributed by atoms with Gasteiger partial charge in [0.15, 0.2) is 0 Å². The Morgan fingerprint density at radius 2 is 2.13 bits per heavy atom. The van der Waals surface area contributed by atoms with Crippen LogP contribution in [0.1, 0.15) is 31.0 Å². The van der Waals surface area contributed by atoms with Gasteiger partial charge in [-0.3, -0.25) is 9.78 Å². The minimum Gasteiger partial charge on any atom is -0.308 e. The van der Waals surface area contributed by atoms with Gasteiger partial charge >= 0.3 is 0 Å². The fourth-order valence-electron chi connectivity index (χ4n) is 2.69. The van der Waals surface area contributed by atoms with E-state index < -0.39 is 0 Å². The van der Waals surface area contributed by atoms with Gasteiger partial charge < -0.3 is 5.32 Å². The average molecular weight is 309 g/mol. The summed E-state index contributed by atoms with van der Waals surface area (Å²) in [6.45, 7) is 7.22. The number of hydrogen-bond acceptors (Lipinski definition) is 3. The third-order valence-corrected chi connectivity index (χ3v) is 4.30. The van der Waals surface area contributed by atoms with Crippen LogP contribution >= 0.6 is 0 Å². The first-order chi connectivity index (χ1) is 11.1. The lowest BCUT2D eigenvalue weighted by Crippen LogP contribution is -2.33. The highest BCUT2D eigenvalue weighted by atomic mass is 15.3. The fraction of sp³-hybridized carbons (Fsp3) is 0.333. The second kappa shape index (κ2) is 6.79. The number of hydrogen-bond donors (Lipinski definition) is 2. The maximum atomic E-state index is 4.32. The fourth-order valence-corrected chi connectivity index (χ4v) is 2.69. The second-order valence-corrected chi connectivity index (χ2v) is 6.04. The van der Waals surface area contributed by atoms with Gasteiger partial charge in [-0.05, 0) is 32.9 Å². The third-order valence-electron chi connectivity index (χ3n) is 4.30. The Morgan fingerprint density at radius 3 is 2.87 bits per heavy atom. The summed E-state index contributed by atoms with van der Waals surface area (Å²) in [6, 6.07) is 11.0. The molecule has 0 fully saturated rings. The Hall–Kier alpha value is -2.40. The molecule has 0 saturated carbocycles. The minimum absolute atomic E-state index is 0.291. The molecule has 1 aromatic carbocycles. The van der Waals surface area contributed by atoms with E-state index in [0.29, 0.717) is 12.1 Å². The highest BCUT2D eigenvalue weighted by Crippen LogP contribution is 2.22. The second-order valence-electron chi connectivity index (χ2n) is 6.04. The van der Waals surface area contributed by atoms with E-state index in [2.05, 4.69) is 65.6 Å². The van der Waals surface area contributed by atoms with Crippen molar-refractivity contribution in [3.8, 4) is 11.3 Å². The van der Waals surface area contributed by atoms with Gasteiger partial charge in [-0.2, -0.15) is 10.2 Å². The molecule has 0 aliphatic rings. The first kappa shape index (κ1) is 15.5. The van der Waals surface area contributed by atoms with Crippen LogP contribution in [0.2, 0.25) is 0 Å². The monoisotopic (exact) mass is 309 g/mol. The molecule has 0 spiro atoms. The Bertz CT molecular complexity index is 744. The van der Waals surface area contributed by atoms with Crippen LogP contribution < -0.4 is 5.32 Å². The van der Waals surface area contributed by atoms with E-state index in [0.717, 1.165) is 12.2 Å². The van der Waals surface area contributed by atoms with Crippen molar-refractivity contribution in [2.45, 2.75) is 39.4 Å². The predicted molar refractivity (Wildman–Crippen MR) is 92.0 cm³/mol. The zero-order valence-electron chi connectivity index (χ0n) is 13.8. The number of nitrogens with one attached hydrogen (secondary N) is 2. The molecule has 2 unspecified atom stereocenters. The van der Waals surface area contributed by atoms with Crippen molar-refractivity contribution in [1.29, 1.82) is 0 Å². The lowest BCUT2D eigenvalue weighted by atomic mass is 10.1. The van der Waals surface area contributed by atoms with Crippen LogP contribution in [0.5, 0.6) is 0 Å². The lowest BCUT2D eigenvalue weighted by Gasteiger charge is -2.21. The van der Waals surface area contributed by atoms with Crippen molar-refractivity contribution in [2.24, 2.45) is 0 Å². The number of benzene rings is 1. The first-order valence-corrected chi connectivity index (χ1v) is 7.97. The van der Waals surface area contributed by atoms with Gasteiger partial charge in [-0.1, -0.05) is 23.8 Å². The van der Waals surface area contributed by atoms with Crippen LogP contribution in [-0.2, 0) is 6.54 Å². The first-order valence-electron chi connectivity index (χ1n) is 7.97. The van der Waals surface area contributed by atoms with Crippen LogP contribution in [0.25, 0.3) is 11.3 Å². The Labute approximate surface area is 136 Å². The van der Waals surface area contributed by atoms with Gasteiger partial charge in [0.1, 0.15) is 0 Å². The molecule has 5 heteroatoms. The van der Waals surface area contributed by atoms with E-state index in [1.54, 1.807) is 0 Å². The summed E-state index contributed by atoms with van der Waals surface area (Å²) in [6.07, 6.45) is 5.71. The third kappa shape index (κ3) is 3.51. The van der Waals surface area contributed by atoms with Crippen LogP contribution in [0.4, 0.5) is 0 Å². The summed E-state index contributed by atoms with van der Waals surface area (Å²) >= 11 is 0. The molecule has 5 nitrogen and oxygen atoms in total. The lowest BCUT2D eigenvalue weighted by molar-refractivity contribution is 0.365. The molecule has 0 radical (unpaired) electrons. The van der Waals surface area contributed by atoms with Gasteiger partial charge in [0.05, 0.1) is 17.9 Å². The largest absolute Gasteiger partial charge is 0.308 e. The Balaban J connectivity index is 1.69. The zero-order valence-corrected chi connectivity index (χ0v) is 13.8. The van der Waals surface area contributed by atoms with E-state index in [9.17, 15) is 0 Å². The van der Waals surface area contributed by atoms with Crippen LogP contribution in [0.15, 0.2) is 48.9 Å². The van der Waals surface area contributed by atoms with Crippen LogP contribution in [0.3, 0.4) is 0 Å². The molecule has 3 aromatic rings. The van der Waals surface area contributed by atoms with Crippen molar-refractivity contribution < 1.29 is 0 Å². The number of nitrogens with zero attached hydrogens (tertiary/aromatic N) is 3. The van der Waals surface area contributed by atoms with Crippen molar-refractivity contribution in [3.63, 3.8) is 0 Å². The van der Waals surface area contributed by atoms with Gasteiger partial charge in [0.2, 0.25) is 0 Å². The Morgan fingerprint density at radius 1 is 1.26 bits per heavy atom. The molecule has 120 valence electrons. The molecule has 3 rings (SSSR count). The molecule has 2 N–H and O–H groups in total. The van der Waals surface area contributed by atoms with Gasteiger partial charge in [0.25, 0.3) is 0 Å². The highest BCUT2D eigenvalue weighted by Gasteiger charge is 2.15. The normalized spacial score (nSPS) is 13.9. The van der Waals surface area contributed by atoms with Gasteiger partial charge in [0, 0.05) is 36.1 Å². The predicted octanol–water partition coefficient (Wildman–Crippen LogP) is 3.32. The quantitative estimate of drug-likeness (QED) is 0.734. The number of aromatic amines is 1. The van der Waals surface area contributed by atoms with E-state index in [4.69, 9.17) is 0 Å². The molecule has 2 aromatic heterocycles. The standard InChI is InChI=1S/C18H23N5/c1-13-6-4-7-16(10-13)18-17(12-20-22-18)11-19-14(2)15(3)23-9-5-8-21-23/h4-10,12,14-15,19H,11H2,1-3H3,(H,20,22). The molecule has 0 amide bonds. The van der Waals surface area contributed by atoms with Crippen molar-refractivity contribution >= 4 is 0 Å². The molecule has 2 heterocycles. The summed E-state index contributed by atoms with van der Waals surface area (Å²) < 4.78 is 1.98. The number of aromatic nitrogens is 4. The molecular formula is C18H23N5. The minimum atomic E-state index is 0.291. The maximum absolute atomic E-state index is 4.32. The summed E-state index contributed by atoms with van der Waals surface area (Å²) in [5.41, 5.74) is 4.68. The average Bonchev–Trinajstić information content (AvgIpc) is 3.23. The van der Waals surface area contributed by atoms with Crippen LogP contribution in [0, 0.1) is 6.92 Å². The van der Waals surface area contributed by atoms with Crippen molar-refractivity contribution in [2.75, 3.05) is 0 Å². The van der Waals surface area contributed by atoms with Gasteiger partial charge in [-0.25, -0.2) is 0 Å². The Kier molecular flexibility index (Phi) is 4.57. The zero-order chi connectivity index (χ0) is 16.2. The molecule has 0 saturated heterocycles. The van der Waals surface area contributed by atoms with Gasteiger partial charge in [-0.15, -0.1) is 0 Å². The number of rotatable bonds is 6. The van der Waals surface area contributed by atoms with E-state index in [1.807, 2.05) is 29.3 Å². The summed E-state index contributed by atoms with van der Waals surface area (Å²) in [5.74, 6) is 0. The molecule has 0 aliphatic carbocycles. The summed E-state index contributed by atoms with van der Waals surface area (Å²) in [5, 5.41) is 15.2. The molecule has 23 heavy (non-hydrogen) atoms. The van der Waals surface area contributed by atoms with Crippen molar-refractivity contribution in [1.82, 2.24) is 25.3 Å². The van der Waals surface area contributed by atoms with E-state index >= 15 is 0 Å². The number of aryl methyl sites for hydroxylation is 1. The van der Waals surface area contributed by atoms with Crippen LogP contribution in [-0.4, -0.2) is 26.0 Å².